The lowest BCUT2D eigenvalue weighted by Crippen LogP contribution is -2.55. The third-order valence-electron chi connectivity index (χ3n) is 2.99. The van der Waals surface area contributed by atoms with Gasteiger partial charge in [-0.05, 0) is 20.3 Å². The molecule has 0 unspecified atom stereocenters. The highest BCUT2D eigenvalue weighted by Crippen LogP contribution is 2.09. The van der Waals surface area contributed by atoms with Gasteiger partial charge in [-0.3, -0.25) is 4.79 Å². The minimum atomic E-state index is 0.248. The molecule has 2 atom stereocenters. The largest absolute Gasteiger partial charge is 0.340 e. The first-order valence-corrected chi connectivity index (χ1v) is 7.00. The van der Waals surface area contributed by atoms with Crippen LogP contribution in [0.1, 0.15) is 26.0 Å². The van der Waals surface area contributed by atoms with Crippen LogP contribution in [0.15, 0.2) is 10.9 Å². The molecule has 1 aliphatic heterocycles. The summed E-state index contributed by atoms with van der Waals surface area (Å²) in [6.45, 7) is 5.88. The van der Waals surface area contributed by atoms with Crippen LogP contribution in [0.5, 0.6) is 0 Å². The molecular weight excluding hydrogens is 234 g/mol. The molecule has 1 N–H and O–H groups in total. The third kappa shape index (κ3) is 3.51. The summed E-state index contributed by atoms with van der Waals surface area (Å²) in [4.78, 5) is 18.2. The van der Waals surface area contributed by atoms with E-state index in [1.165, 1.54) is 0 Å². The molecule has 0 aromatic carbocycles. The highest BCUT2D eigenvalue weighted by molar-refractivity contribution is 7.07. The van der Waals surface area contributed by atoms with Crippen molar-refractivity contribution < 1.29 is 4.79 Å². The molecule has 1 amide bonds. The Bertz CT molecular complexity index is 356. The molecule has 0 spiro atoms. The van der Waals surface area contributed by atoms with Crippen LogP contribution >= 0.6 is 11.3 Å². The summed E-state index contributed by atoms with van der Waals surface area (Å²) in [5.74, 6) is 0.248. The molecule has 94 valence electrons. The summed E-state index contributed by atoms with van der Waals surface area (Å²) in [7, 11) is 0. The number of rotatable bonds is 3. The summed E-state index contributed by atoms with van der Waals surface area (Å²) < 4.78 is 0. The number of nitrogens with zero attached hydrogens (tertiary/aromatic N) is 2. The lowest BCUT2D eigenvalue weighted by atomic mass is 10.1. The highest BCUT2D eigenvalue weighted by Gasteiger charge is 2.24. The Balaban J connectivity index is 1.83. The lowest BCUT2D eigenvalue weighted by molar-refractivity contribution is -0.132. The summed E-state index contributed by atoms with van der Waals surface area (Å²) >= 11 is 1.58. The van der Waals surface area contributed by atoms with Gasteiger partial charge in [0.05, 0.1) is 11.2 Å². The predicted molar refractivity (Wildman–Crippen MR) is 69.1 cm³/mol. The molecule has 5 heteroatoms. The summed E-state index contributed by atoms with van der Waals surface area (Å²) in [6, 6.07) is 0.781. The molecule has 2 heterocycles. The zero-order valence-electron chi connectivity index (χ0n) is 10.3. The van der Waals surface area contributed by atoms with Crippen LogP contribution in [0.4, 0.5) is 0 Å². The van der Waals surface area contributed by atoms with Crippen molar-refractivity contribution in [3.63, 3.8) is 0 Å². The van der Waals surface area contributed by atoms with Crippen molar-refractivity contribution in [3.05, 3.63) is 16.6 Å². The van der Waals surface area contributed by atoms with Crippen molar-refractivity contribution in [3.8, 4) is 0 Å². The van der Waals surface area contributed by atoms with Crippen LogP contribution in [0.3, 0.4) is 0 Å². The van der Waals surface area contributed by atoms with E-state index in [0.717, 1.165) is 25.2 Å². The Morgan fingerprint density at radius 3 is 2.82 bits per heavy atom. The number of amides is 1. The Hall–Kier alpha value is -0.940. The van der Waals surface area contributed by atoms with E-state index in [9.17, 15) is 4.79 Å². The average Bonchev–Trinajstić information content (AvgIpc) is 2.77. The van der Waals surface area contributed by atoms with Crippen LogP contribution in [0.2, 0.25) is 0 Å². The fourth-order valence-corrected chi connectivity index (χ4v) is 2.88. The minimum Gasteiger partial charge on any atom is -0.340 e. The molecule has 1 aromatic heterocycles. The molecule has 0 saturated carbocycles. The van der Waals surface area contributed by atoms with E-state index in [-0.39, 0.29) is 5.91 Å². The number of nitrogens with one attached hydrogen (secondary N) is 1. The maximum Gasteiger partial charge on any atom is 0.223 e. The fourth-order valence-electron chi connectivity index (χ4n) is 2.28. The van der Waals surface area contributed by atoms with Crippen LogP contribution in [-0.4, -0.2) is 41.0 Å². The normalized spacial score (nSPS) is 24.9. The van der Waals surface area contributed by atoms with Gasteiger partial charge in [0.25, 0.3) is 0 Å². The van der Waals surface area contributed by atoms with Crippen molar-refractivity contribution in [2.75, 3.05) is 13.1 Å². The van der Waals surface area contributed by atoms with Gasteiger partial charge in [-0.15, -0.1) is 11.3 Å². The Labute approximate surface area is 106 Å². The van der Waals surface area contributed by atoms with Gasteiger partial charge in [-0.2, -0.15) is 0 Å². The van der Waals surface area contributed by atoms with Gasteiger partial charge in [-0.25, -0.2) is 4.98 Å². The number of aryl methyl sites for hydroxylation is 1. The minimum absolute atomic E-state index is 0.248. The Kier molecular flexibility index (Phi) is 4.12. The van der Waals surface area contributed by atoms with Crippen molar-refractivity contribution in [2.24, 2.45) is 0 Å². The number of hydrogen-bond donors (Lipinski definition) is 1. The number of thiazole rings is 1. The monoisotopic (exact) mass is 253 g/mol. The van der Waals surface area contributed by atoms with Crippen LogP contribution in [0, 0.1) is 0 Å². The van der Waals surface area contributed by atoms with Crippen molar-refractivity contribution in [1.82, 2.24) is 15.2 Å². The van der Waals surface area contributed by atoms with Gasteiger partial charge >= 0.3 is 0 Å². The number of hydrogen-bond acceptors (Lipinski definition) is 4. The maximum atomic E-state index is 12.1. The molecule has 0 bridgehead atoms. The van der Waals surface area contributed by atoms with E-state index < -0.39 is 0 Å². The van der Waals surface area contributed by atoms with Gasteiger partial charge in [0.1, 0.15) is 0 Å². The topological polar surface area (TPSA) is 45.2 Å². The maximum absolute atomic E-state index is 12.1. The highest BCUT2D eigenvalue weighted by atomic mass is 32.1. The molecule has 1 aromatic rings. The van der Waals surface area contributed by atoms with E-state index in [1.54, 1.807) is 11.3 Å². The molecule has 1 saturated heterocycles. The van der Waals surface area contributed by atoms with Crippen molar-refractivity contribution >= 4 is 17.2 Å². The standard InChI is InChI=1S/C12H19N3OS/c1-9-5-15(6-10(2)14-9)12(16)4-3-11-7-17-8-13-11/h7-10,14H,3-6H2,1-2H3/t9-,10+. The quantitative estimate of drug-likeness (QED) is 0.883. The Morgan fingerprint density at radius 1 is 1.53 bits per heavy atom. The first-order valence-electron chi connectivity index (χ1n) is 6.06. The molecular formula is C12H19N3OS. The number of aromatic nitrogens is 1. The second-order valence-corrected chi connectivity index (χ2v) is 5.47. The number of piperazine rings is 1. The second kappa shape index (κ2) is 5.60. The van der Waals surface area contributed by atoms with Gasteiger partial charge in [0.2, 0.25) is 5.91 Å². The molecule has 17 heavy (non-hydrogen) atoms. The molecule has 1 fully saturated rings. The van der Waals surface area contributed by atoms with Crippen LogP contribution in [0.25, 0.3) is 0 Å². The van der Waals surface area contributed by atoms with Crippen molar-refractivity contribution in [2.45, 2.75) is 38.8 Å². The molecule has 4 nitrogen and oxygen atoms in total. The van der Waals surface area contributed by atoms with Gasteiger partial charge in [-0.1, -0.05) is 0 Å². The van der Waals surface area contributed by atoms with E-state index in [4.69, 9.17) is 0 Å². The molecule has 2 rings (SSSR count). The van der Waals surface area contributed by atoms with Gasteiger partial charge in [0, 0.05) is 37.0 Å². The molecule has 1 aliphatic rings. The van der Waals surface area contributed by atoms with Gasteiger partial charge < -0.3 is 10.2 Å². The van der Waals surface area contributed by atoms with E-state index in [0.29, 0.717) is 18.5 Å². The molecule has 0 radical (unpaired) electrons. The van der Waals surface area contributed by atoms with Crippen LogP contribution < -0.4 is 5.32 Å². The predicted octanol–water partition coefficient (Wildman–Crippen LogP) is 1.28. The zero-order valence-corrected chi connectivity index (χ0v) is 11.2. The van der Waals surface area contributed by atoms with Crippen LogP contribution in [-0.2, 0) is 11.2 Å². The number of carbonyl (C=O) groups excluding carboxylic acids is 1. The summed E-state index contributed by atoms with van der Waals surface area (Å²) in [5.41, 5.74) is 2.84. The first kappa shape index (κ1) is 12.5. The third-order valence-corrected chi connectivity index (χ3v) is 3.62. The SMILES string of the molecule is C[C@@H]1CN(C(=O)CCc2cscn2)C[C@H](C)N1. The second-order valence-electron chi connectivity index (χ2n) is 4.75. The summed E-state index contributed by atoms with van der Waals surface area (Å²) in [5, 5.41) is 5.44. The fraction of sp³-hybridized carbons (Fsp3) is 0.667. The average molecular weight is 253 g/mol. The van der Waals surface area contributed by atoms with Gasteiger partial charge in [0.15, 0.2) is 0 Å². The number of carbonyl (C=O) groups is 1. The first-order chi connectivity index (χ1) is 8.15. The van der Waals surface area contributed by atoms with E-state index in [1.807, 2.05) is 15.8 Å². The molecule has 0 aliphatic carbocycles. The summed E-state index contributed by atoms with van der Waals surface area (Å²) in [6.07, 6.45) is 1.33. The smallest absolute Gasteiger partial charge is 0.223 e. The lowest BCUT2D eigenvalue weighted by Gasteiger charge is -2.36. The van der Waals surface area contributed by atoms with Crippen molar-refractivity contribution in [1.29, 1.82) is 0 Å². The Morgan fingerprint density at radius 2 is 2.24 bits per heavy atom. The van der Waals surface area contributed by atoms with E-state index in [2.05, 4.69) is 24.1 Å². The zero-order chi connectivity index (χ0) is 12.3. The van der Waals surface area contributed by atoms with E-state index >= 15 is 0 Å².